The lowest BCUT2D eigenvalue weighted by molar-refractivity contribution is 0.631. The number of anilines is 5. The van der Waals surface area contributed by atoms with Crippen LogP contribution in [0.3, 0.4) is 0 Å². The van der Waals surface area contributed by atoms with Crippen LogP contribution < -0.4 is 9.80 Å². The van der Waals surface area contributed by atoms with Crippen LogP contribution in [0.15, 0.2) is 164 Å². The van der Waals surface area contributed by atoms with Crippen molar-refractivity contribution < 1.29 is 0 Å². The molecule has 2 nitrogen and oxygen atoms in total. The second-order valence-corrected chi connectivity index (χ2v) is 12.3. The van der Waals surface area contributed by atoms with Gasteiger partial charge in [0.25, 0.3) is 0 Å². The van der Waals surface area contributed by atoms with Gasteiger partial charge in [-0.15, -0.1) is 0 Å². The van der Waals surface area contributed by atoms with Crippen molar-refractivity contribution >= 4 is 56.1 Å². The van der Waals surface area contributed by atoms with Crippen LogP contribution in [0, 0.1) is 0 Å². The molecule has 0 aromatic heterocycles. The lowest BCUT2D eigenvalue weighted by Crippen LogP contribution is -2.30. The molecule has 0 amide bonds. The van der Waals surface area contributed by atoms with E-state index in [9.17, 15) is 0 Å². The van der Waals surface area contributed by atoms with Gasteiger partial charge in [-0.25, -0.2) is 0 Å². The monoisotopic (exact) mass is 578 g/mol. The fraction of sp³-hybridized carbons (Fsp3) is 0.0698. The average Bonchev–Trinajstić information content (AvgIpc) is 3.09. The van der Waals surface area contributed by atoms with Gasteiger partial charge in [0.05, 0.1) is 11.4 Å². The maximum atomic E-state index is 2.40. The van der Waals surface area contributed by atoms with E-state index >= 15 is 0 Å². The summed E-state index contributed by atoms with van der Waals surface area (Å²) in [7, 11) is 0. The van der Waals surface area contributed by atoms with Gasteiger partial charge in [-0.1, -0.05) is 117 Å². The van der Waals surface area contributed by atoms with Crippen molar-refractivity contribution in [3.8, 4) is 0 Å². The summed E-state index contributed by atoms with van der Waals surface area (Å²) in [6, 6.07) is 56.9. The van der Waals surface area contributed by atoms with Gasteiger partial charge in [0.2, 0.25) is 0 Å². The summed E-state index contributed by atoms with van der Waals surface area (Å²) >= 11 is 0. The number of para-hydroxylation sites is 2. The molecule has 0 spiro atoms. The van der Waals surface area contributed by atoms with Gasteiger partial charge in [0, 0.05) is 28.7 Å². The van der Waals surface area contributed by atoms with E-state index < -0.39 is 0 Å². The first kappa shape index (κ1) is 27.0. The summed E-state index contributed by atoms with van der Waals surface area (Å²) in [5, 5.41) is 4.93. The van der Waals surface area contributed by atoms with Crippen molar-refractivity contribution in [2.24, 2.45) is 0 Å². The first-order valence-corrected chi connectivity index (χ1v) is 15.6. The Bertz CT molecular complexity index is 2130. The summed E-state index contributed by atoms with van der Waals surface area (Å²) in [6.45, 7) is 4.69. The van der Waals surface area contributed by atoms with Crippen molar-refractivity contribution in [3.63, 3.8) is 0 Å². The maximum absolute atomic E-state index is 2.40. The van der Waals surface area contributed by atoms with Crippen LogP contribution in [0.5, 0.6) is 0 Å². The smallest absolute Gasteiger partial charge is 0.0503 e. The molecular formula is C43H34N2. The third-order valence-corrected chi connectivity index (χ3v) is 9.21. The highest BCUT2D eigenvalue weighted by atomic mass is 15.2. The summed E-state index contributed by atoms with van der Waals surface area (Å²) in [6.07, 6.45) is 4.46. The summed E-state index contributed by atoms with van der Waals surface area (Å²) in [5.74, 6) is 0. The van der Waals surface area contributed by atoms with E-state index in [1.54, 1.807) is 0 Å². The SMILES string of the molecule is CC1(C)c2ccccc2N(c2ccccc2)c2ccc(/C=C/N(c3ccc4ccccc4c3)c3ccc4ccccc4c3)cc21. The van der Waals surface area contributed by atoms with Crippen LogP contribution in [-0.2, 0) is 5.41 Å². The first-order valence-electron chi connectivity index (χ1n) is 15.6. The highest BCUT2D eigenvalue weighted by Gasteiger charge is 2.36. The highest BCUT2D eigenvalue weighted by molar-refractivity contribution is 5.91. The Morgan fingerprint density at radius 1 is 0.489 bits per heavy atom. The quantitative estimate of drug-likeness (QED) is 0.200. The van der Waals surface area contributed by atoms with Crippen molar-refractivity contribution in [1.82, 2.24) is 0 Å². The molecule has 7 aromatic rings. The molecule has 7 aromatic carbocycles. The van der Waals surface area contributed by atoms with Crippen LogP contribution in [0.2, 0.25) is 0 Å². The van der Waals surface area contributed by atoms with Gasteiger partial charge in [-0.2, -0.15) is 0 Å². The molecule has 8 rings (SSSR count). The number of nitrogens with zero attached hydrogens (tertiary/aromatic N) is 2. The van der Waals surface area contributed by atoms with Crippen molar-refractivity contribution in [1.29, 1.82) is 0 Å². The Hall–Kier alpha value is -5.60. The van der Waals surface area contributed by atoms with Crippen molar-refractivity contribution in [2.75, 3.05) is 9.80 Å². The molecule has 0 N–H and O–H groups in total. The van der Waals surface area contributed by atoms with Gasteiger partial charge >= 0.3 is 0 Å². The van der Waals surface area contributed by atoms with E-state index in [1.807, 2.05) is 0 Å². The lowest BCUT2D eigenvalue weighted by Gasteiger charge is -2.42. The molecule has 0 saturated heterocycles. The molecule has 216 valence electrons. The molecular weight excluding hydrogens is 544 g/mol. The van der Waals surface area contributed by atoms with Gasteiger partial charge in [-0.05, 0) is 98.9 Å². The second-order valence-electron chi connectivity index (χ2n) is 12.3. The molecule has 0 fully saturated rings. The molecule has 0 unspecified atom stereocenters. The Labute approximate surface area is 265 Å². The Balaban J connectivity index is 1.24. The van der Waals surface area contributed by atoms with E-state index in [0.29, 0.717) is 0 Å². The lowest BCUT2D eigenvalue weighted by atomic mass is 9.73. The standard InChI is InChI=1S/C43H34N2/c1-43(2)39-18-10-11-19-41(39)45(36-16-4-3-5-17-36)42-25-20-31(28-40(42)43)26-27-44(37-23-21-32-12-6-8-14-34(32)29-37)38-24-22-33-13-7-9-15-35(33)30-38/h3-30H,1-2H3/b27-26+. The fourth-order valence-corrected chi connectivity index (χ4v) is 6.82. The van der Waals surface area contributed by atoms with Crippen LogP contribution in [0.25, 0.3) is 27.6 Å². The third-order valence-electron chi connectivity index (χ3n) is 9.21. The molecule has 2 heteroatoms. The number of fused-ring (bicyclic) bond motifs is 4. The van der Waals surface area contributed by atoms with Gasteiger partial charge in [-0.3, -0.25) is 0 Å². The second kappa shape index (κ2) is 10.8. The number of hydrogen-bond acceptors (Lipinski definition) is 2. The maximum Gasteiger partial charge on any atom is 0.0503 e. The molecule has 0 saturated carbocycles. The molecule has 1 aliphatic heterocycles. The minimum absolute atomic E-state index is 0.155. The third kappa shape index (κ3) is 4.76. The highest BCUT2D eigenvalue weighted by Crippen LogP contribution is 2.52. The minimum Gasteiger partial charge on any atom is -0.317 e. The average molecular weight is 579 g/mol. The predicted octanol–water partition coefficient (Wildman–Crippen LogP) is 11.9. The topological polar surface area (TPSA) is 6.48 Å². The molecule has 0 aliphatic carbocycles. The Kier molecular flexibility index (Phi) is 6.50. The van der Waals surface area contributed by atoms with Crippen LogP contribution in [0.1, 0.15) is 30.5 Å². The molecule has 1 aliphatic rings. The van der Waals surface area contributed by atoms with Gasteiger partial charge < -0.3 is 9.80 Å². The van der Waals surface area contributed by atoms with E-state index in [-0.39, 0.29) is 5.41 Å². The largest absolute Gasteiger partial charge is 0.317 e. The Morgan fingerprint density at radius 2 is 1.04 bits per heavy atom. The van der Waals surface area contributed by atoms with Gasteiger partial charge in [0.1, 0.15) is 0 Å². The summed E-state index contributed by atoms with van der Waals surface area (Å²) in [4.78, 5) is 4.70. The number of hydrogen-bond donors (Lipinski definition) is 0. The van der Waals surface area contributed by atoms with E-state index in [1.165, 1.54) is 55.3 Å². The molecule has 45 heavy (non-hydrogen) atoms. The molecule has 1 heterocycles. The van der Waals surface area contributed by atoms with E-state index in [2.05, 4.69) is 194 Å². The van der Waals surface area contributed by atoms with Crippen LogP contribution >= 0.6 is 0 Å². The zero-order valence-corrected chi connectivity index (χ0v) is 25.6. The minimum atomic E-state index is -0.155. The zero-order chi connectivity index (χ0) is 30.4. The first-order chi connectivity index (χ1) is 22.1. The Morgan fingerprint density at radius 3 is 1.71 bits per heavy atom. The molecule has 0 atom stereocenters. The molecule has 0 bridgehead atoms. The van der Waals surface area contributed by atoms with Crippen molar-refractivity contribution in [2.45, 2.75) is 19.3 Å². The fourth-order valence-electron chi connectivity index (χ4n) is 6.82. The number of benzene rings is 7. The molecule has 0 radical (unpaired) electrons. The van der Waals surface area contributed by atoms with Crippen LogP contribution in [0.4, 0.5) is 28.4 Å². The normalized spacial score (nSPS) is 13.6. The van der Waals surface area contributed by atoms with Gasteiger partial charge in [0.15, 0.2) is 0 Å². The van der Waals surface area contributed by atoms with E-state index in [4.69, 9.17) is 0 Å². The summed E-state index contributed by atoms with van der Waals surface area (Å²) in [5.41, 5.74) is 9.55. The van der Waals surface area contributed by atoms with Crippen LogP contribution in [-0.4, -0.2) is 0 Å². The van der Waals surface area contributed by atoms with Crippen molar-refractivity contribution in [3.05, 3.63) is 181 Å². The zero-order valence-electron chi connectivity index (χ0n) is 25.6. The summed E-state index contributed by atoms with van der Waals surface area (Å²) < 4.78 is 0. The predicted molar refractivity (Wildman–Crippen MR) is 192 cm³/mol. The van der Waals surface area contributed by atoms with E-state index in [0.717, 1.165) is 11.4 Å². The number of rotatable bonds is 5.